The first-order chi connectivity index (χ1) is 13.7. The van der Waals surface area contributed by atoms with E-state index in [1.54, 1.807) is 7.11 Å². The lowest BCUT2D eigenvalue weighted by atomic mass is 9.85. The average molecular weight is 373 g/mol. The predicted molar refractivity (Wildman–Crippen MR) is 110 cm³/mol. The van der Waals surface area contributed by atoms with Crippen molar-refractivity contribution < 1.29 is 9.53 Å². The quantitative estimate of drug-likeness (QED) is 0.688. The van der Waals surface area contributed by atoms with Crippen LogP contribution in [-0.4, -0.2) is 17.6 Å². The van der Waals surface area contributed by atoms with E-state index in [2.05, 4.69) is 22.9 Å². The van der Waals surface area contributed by atoms with Crippen LogP contribution in [0.2, 0.25) is 0 Å². The van der Waals surface area contributed by atoms with Gasteiger partial charge in [0, 0.05) is 23.5 Å². The van der Waals surface area contributed by atoms with Crippen molar-refractivity contribution in [2.75, 3.05) is 12.4 Å². The molecule has 0 saturated heterocycles. The Bertz CT molecular complexity index is 1070. The Morgan fingerprint density at radius 2 is 2.00 bits per heavy atom. The highest BCUT2D eigenvalue weighted by atomic mass is 16.5. The highest BCUT2D eigenvalue weighted by Gasteiger charge is 2.25. The standard InChI is InChI=1S/C23H23N3O2/c1-3-26-21-12-11-18(28-2)13-19(21)20(14-24)22(26)15-7-9-17(10-8-15)25-23(27)16-5-4-6-16/h7-13,16H,3-6H2,1-2H3,(H,25,27). The van der Waals surface area contributed by atoms with Crippen LogP contribution in [0.1, 0.15) is 31.7 Å². The van der Waals surface area contributed by atoms with Gasteiger partial charge < -0.3 is 14.6 Å². The largest absolute Gasteiger partial charge is 0.497 e. The molecule has 1 saturated carbocycles. The second-order valence-corrected chi connectivity index (χ2v) is 7.16. The van der Waals surface area contributed by atoms with Gasteiger partial charge in [0.15, 0.2) is 0 Å². The minimum atomic E-state index is 0.103. The van der Waals surface area contributed by atoms with Gasteiger partial charge in [-0.3, -0.25) is 4.79 Å². The number of aryl methyl sites for hydroxylation is 1. The summed E-state index contributed by atoms with van der Waals surface area (Å²) in [5.41, 5.74) is 4.29. The molecule has 1 aliphatic rings. The van der Waals surface area contributed by atoms with E-state index >= 15 is 0 Å². The average Bonchev–Trinajstić information content (AvgIpc) is 2.99. The summed E-state index contributed by atoms with van der Waals surface area (Å²) in [6, 6.07) is 15.9. The second-order valence-electron chi connectivity index (χ2n) is 7.16. The van der Waals surface area contributed by atoms with Crippen molar-refractivity contribution in [2.45, 2.75) is 32.7 Å². The van der Waals surface area contributed by atoms with Crippen molar-refractivity contribution in [3.05, 3.63) is 48.0 Å². The molecule has 1 heterocycles. The fourth-order valence-electron chi connectivity index (χ4n) is 3.83. The van der Waals surface area contributed by atoms with Gasteiger partial charge in [-0.1, -0.05) is 18.6 Å². The Morgan fingerprint density at radius 1 is 1.25 bits per heavy atom. The monoisotopic (exact) mass is 373 g/mol. The van der Waals surface area contributed by atoms with E-state index in [1.807, 2.05) is 42.5 Å². The summed E-state index contributed by atoms with van der Waals surface area (Å²) in [7, 11) is 1.63. The first-order valence-corrected chi connectivity index (χ1v) is 9.68. The molecule has 5 heteroatoms. The van der Waals surface area contributed by atoms with Gasteiger partial charge in [0.05, 0.1) is 23.9 Å². The number of nitrogens with one attached hydrogen (secondary N) is 1. The van der Waals surface area contributed by atoms with Crippen LogP contribution in [0, 0.1) is 17.2 Å². The molecule has 2 aromatic carbocycles. The van der Waals surface area contributed by atoms with E-state index in [0.717, 1.165) is 59.4 Å². The summed E-state index contributed by atoms with van der Waals surface area (Å²) in [6.07, 6.45) is 3.10. The Labute approximate surface area is 164 Å². The van der Waals surface area contributed by atoms with Crippen molar-refractivity contribution in [3.63, 3.8) is 0 Å². The van der Waals surface area contributed by atoms with Crippen molar-refractivity contribution in [1.82, 2.24) is 4.57 Å². The summed E-state index contributed by atoms with van der Waals surface area (Å²) < 4.78 is 7.49. The number of anilines is 1. The first-order valence-electron chi connectivity index (χ1n) is 9.68. The van der Waals surface area contributed by atoms with Crippen LogP contribution < -0.4 is 10.1 Å². The van der Waals surface area contributed by atoms with Crippen molar-refractivity contribution in [2.24, 2.45) is 5.92 Å². The minimum absolute atomic E-state index is 0.103. The molecule has 0 spiro atoms. The Kier molecular flexibility index (Phi) is 4.79. The van der Waals surface area contributed by atoms with Gasteiger partial charge in [-0.15, -0.1) is 0 Å². The number of carbonyl (C=O) groups excluding carboxylic acids is 1. The second kappa shape index (κ2) is 7.40. The topological polar surface area (TPSA) is 67.0 Å². The fraction of sp³-hybridized carbons (Fsp3) is 0.304. The molecule has 5 nitrogen and oxygen atoms in total. The molecule has 1 N–H and O–H groups in total. The molecule has 1 amide bonds. The molecule has 0 atom stereocenters. The lowest BCUT2D eigenvalue weighted by Crippen LogP contribution is -2.27. The van der Waals surface area contributed by atoms with Crippen LogP contribution >= 0.6 is 0 Å². The molecule has 4 rings (SSSR count). The summed E-state index contributed by atoms with van der Waals surface area (Å²) in [6.45, 7) is 2.82. The maximum atomic E-state index is 12.2. The summed E-state index contributed by atoms with van der Waals surface area (Å²) in [4.78, 5) is 12.2. The van der Waals surface area contributed by atoms with E-state index in [-0.39, 0.29) is 11.8 Å². The summed E-state index contributed by atoms with van der Waals surface area (Å²) in [5.74, 6) is 0.992. The number of nitrogens with zero attached hydrogens (tertiary/aromatic N) is 2. The lowest BCUT2D eigenvalue weighted by molar-refractivity contribution is -0.122. The number of rotatable bonds is 5. The third-order valence-electron chi connectivity index (χ3n) is 5.60. The predicted octanol–water partition coefficient (Wildman–Crippen LogP) is 4.95. The zero-order valence-corrected chi connectivity index (χ0v) is 16.2. The van der Waals surface area contributed by atoms with Gasteiger partial charge in [0.1, 0.15) is 11.8 Å². The van der Waals surface area contributed by atoms with Crippen molar-refractivity contribution >= 4 is 22.5 Å². The van der Waals surface area contributed by atoms with E-state index in [9.17, 15) is 10.1 Å². The van der Waals surface area contributed by atoms with Crippen LogP contribution in [0.15, 0.2) is 42.5 Å². The highest BCUT2D eigenvalue weighted by Crippen LogP contribution is 2.36. The molecule has 1 aliphatic carbocycles. The van der Waals surface area contributed by atoms with Gasteiger partial charge in [0.2, 0.25) is 5.91 Å². The molecule has 1 fully saturated rings. The number of aromatic nitrogens is 1. The molecule has 0 radical (unpaired) electrons. The third kappa shape index (κ3) is 3.01. The Balaban J connectivity index is 1.73. The van der Waals surface area contributed by atoms with E-state index < -0.39 is 0 Å². The van der Waals surface area contributed by atoms with Crippen molar-refractivity contribution in [1.29, 1.82) is 5.26 Å². The molecule has 142 valence electrons. The number of nitriles is 1. The molecular weight excluding hydrogens is 350 g/mol. The van der Waals surface area contributed by atoms with Crippen LogP contribution in [0.25, 0.3) is 22.2 Å². The van der Waals surface area contributed by atoms with Crippen LogP contribution in [0.4, 0.5) is 5.69 Å². The number of fused-ring (bicyclic) bond motifs is 1. The Hall–Kier alpha value is -3.26. The van der Waals surface area contributed by atoms with Crippen LogP contribution in [0.3, 0.4) is 0 Å². The zero-order valence-electron chi connectivity index (χ0n) is 16.2. The fourth-order valence-corrected chi connectivity index (χ4v) is 3.83. The third-order valence-corrected chi connectivity index (χ3v) is 5.60. The maximum absolute atomic E-state index is 12.2. The maximum Gasteiger partial charge on any atom is 0.227 e. The SMILES string of the molecule is CCn1c(-c2ccc(NC(=O)C3CCC3)cc2)c(C#N)c2cc(OC)ccc21. The van der Waals surface area contributed by atoms with Crippen LogP contribution in [-0.2, 0) is 11.3 Å². The molecule has 28 heavy (non-hydrogen) atoms. The van der Waals surface area contributed by atoms with Crippen molar-refractivity contribution in [3.8, 4) is 23.1 Å². The van der Waals surface area contributed by atoms with Crippen LogP contribution in [0.5, 0.6) is 5.75 Å². The number of hydrogen-bond donors (Lipinski definition) is 1. The molecule has 0 aliphatic heterocycles. The molecule has 3 aromatic rings. The molecule has 0 bridgehead atoms. The normalized spacial score (nSPS) is 13.8. The summed E-state index contributed by atoms with van der Waals surface area (Å²) >= 11 is 0. The van der Waals surface area contributed by atoms with Gasteiger partial charge >= 0.3 is 0 Å². The smallest absolute Gasteiger partial charge is 0.227 e. The van der Waals surface area contributed by atoms with Gasteiger partial charge in [-0.25, -0.2) is 0 Å². The van der Waals surface area contributed by atoms with E-state index in [1.165, 1.54) is 0 Å². The highest BCUT2D eigenvalue weighted by molar-refractivity contribution is 5.96. The number of methoxy groups -OCH3 is 1. The van der Waals surface area contributed by atoms with Gasteiger partial charge in [-0.05, 0) is 55.7 Å². The lowest BCUT2D eigenvalue weighted by Gasteiger charge is -2.24. The van der Waals surface area contributed by atoms with Gasteiger partial charge in [-0.2, -0.15) is 5.26 Å². The van der Waals surface area contributed by atoms with E-state index in [4.69, 9.17) is 4.74 Å². The number of benzene rings is 2. The number of ether oxygens (including phenoxy) is 1. The van der Waals surface area contributed by atoms with E-state index in [0.29, 0.717) is 5.56 Å². The first kappa shape index (κ1) is 18.1. The molecule has 0 unspecified atom stereocenters. The summed E-state index contributed by atoms with van der Waals surface area (Å²) in [5, 5.41) is 13.7. The van der Waals surface area contributed by atoms with Gasteiger partial charge in [0.25, 0.3) is 0 Å². The Morgan fingerprint density at radius 3 is 2.57 bits per heavy atom. The minimum Gasteiger partial charge on any atom is -0.497 e. The number of hydrogen-bond acceptors (Lipinski definition) is 3. The number of amides is 1. The zero-order chi connectivity index (χ0) is 19.7. The number of carbonyl (C=O) groups is 1. The molecular formula is C23H23N3O2. The molecule has 1 aromatic heterocycles.